The Morgan fingerprint density at radius 1 is 1.22 bits per heavy atom. The summed E-state index contributed by atoms with van der Waals surface area (Å²) in [7, 11) is 0. The van der Waals surface area contributed by atoms with Gasteiger partial charge in [0.2, 0.25) is 5.91 Å². The fourth-order valence-electron chi connectivity index (χ4n) is 5.68. The van der Waals surface area contributed by atoms with E-state index in [1.807, 2.05) is 30.2 Å². The molecule has 1 unspecified atom stereocenters. The largest absolute Gasteiger partial charge is 0.417 e. The summed E-state index contributed by atoms with van der Waals surface area (Å²) in [6, 6.07) is 9.90. The summed E-state index contributed by atoms with van der Waals surface area (Å²) in [6.45, 7) is 5.21. The van der Waals surface area contributed by atoms with Gasteiger partial charge in [0.15, 0.2) is 0 Å². The van der Waals surface area contributed by atoms with Gasteiger partial charge in [-0.2, -0.15) is 18.4 Å². The lowest BCUT2D eigenvalue weighted by atomic mass is 9.70. The lowest BCUT2D eigenvalue weighted by molar-refractivity contribution is -0.137. The van der Waals surface area contributed by atoms with Gasteiger partial charge >= 0.3 is 6.18 Å². The number of carbonyl (C=O) groups excluding carboxylic acids is 1. The van der Waals surface area contributed by atoms with Gasteiger partial charge in [-0.05, 0) is 67.9 Å². The van der Waals surface area contributed by atoms with E-state index in [9.17, 15) is 18.0 Å². The molecule has 1 aliphatic carbocycles. The fourth-order valence-corrected chi connectivity index (χ4v) is 5.68. The average Bonchev–Trinajstić information content (AvgIpc) is 3.60. The SMILES string of the molecule is Cc1ccc(CN2CC(C(=O)NC3CC3)C3(CCN(c4ccc(C#N)c(C(F)(F)F)c4)CC3)C2)nc1. The van der Waals surface area contributed by atoms with Gasteiger partial charge in [0.25, 0.3) is 0 Å². The minimum Gasteiger partial charge on any atom is -0.371 e. The van der Waals surface area contributed by atoms with Crippen molar-refractivity contribution in [2.45, 2.75) is 51.4 Å². The molecule has 2 aromatic rings. The van der Waals surface area contributed by atoms with Crippen molar-refractivity contribution in [3.05, 3.63) is 58.9 Å². The summed E-state index contributed by atoms with van der Waals surface area (Å²) < 4.78 is 40.5. The van der Waals surface area contributed by atoms with Gasteiger partial charge in [0, 0.05) is 50.6 Å². The number of piperidine rings is 1. The van der Waals surface area contributed by atoms with Crippen LogP contribution >= 0.6 is 0 Å². The van der Waals surface area contributed by atoms with Gasteiger partial charge in [-0.25, -0.2) is 0 Å². The van der Waals surface area contributed by atoms with Crippen molar-refractivity contribution in [3.63, 3.8) is 0 Å². The second-order valence-electron chi connectivity index (χ2n) is 10.5. The third kappa shape index (κ3) is 5.05. The molecule has 3 fully saturated rings. The number of halogens is 3. The van der Waals surface area contributed by atoms with Crippen molar-refractivity contribution in [2.75, 3.05) is 31.1 Å². The maximum absolute atomic E-state index is 13.5. The number of aromatic nitrogens is 1. The number of benzene rings is 1. The summed E-state index contributed by atoms with van der Waals surface area (Å²) in [5, 5.41) is 12.3. The third-order valence-electron chi connectivity index (χ3n) is 7.87. The highest BCUT2D eigenvalue weighted by Crippen LogP contribution is 2.46. The molecule has 1 N–H and O–H groups in total. The number of pyridine rings is 1. The predicted octanol–water partition coefficient (Wildman–Crippen LogP) is 4.28. The number of hydrogen-bond donors (Lipinski definition) is 1. The first kappa shape index (κ1) is 24.6. The molecule has 9 heteroatoms. The van der Waals surface area contributed by atoms with Crippen LogP contribution in [-0.2, 0) is 17.5 Å². The number of hydrogen-bond acceptors (Lipinski definition) is 5. The Labute approximate surface area is 209 Å². The van der Waals surface area contributed by atoms with E-state index < -0.39 is 11.7 Å². The zero-order valence-corrected chi connectivity index (χ0v) is 20.3. The predicted molar refractivity (Wildman–Crippen MR) is 129 cm³/mol. The van der Waals surface area contributed by atoms with Crippen LogP contribution in [0.2, 0.25) is 0 Å². The van der Waals surface area contributed by atoms with E-state index in [1.54, 1.807) is 12.1 Å². The van der Waals surface area contributed by atoms with E-state index in [0.717, 1.165) is 49.6 Å². The zero-order chi connectivity index (χ0) is 25.5. The molecule has 1 saturated carbocycles. The molecule has 36 heavy (non-hydrogen) atoms. The topological polar surface area (TPSA) is 72.3 Å². The second kappa shape index (κ2) is 9.40. The first-order chi connectivity index (χ1) is 17.2. The summed E-state index contributed by atoms with van der Waals surface area (Å²) >= 11 is 0. The molecule has 1 atom stereocenters. The first-order valence-electron chi connectivity index (χ1n) is 12.5. The van der Waals surface area contributed by atoms with Gasteiger partial charge < -0.3 is 10.2 Å². The summed E-state index contributed by atoms with van der Waals surface area (Å²) in [6.07, 6.45) is 0.751. The number of likely N-dealkylation sites (tertiary alicyclic amines) is 1. The number of amides is 1. The molecule has 2 aliphatic heterocycles. The minimum atomic E-state index is -4.58. The lowest BCUT2D eigenvalue weighted by Gasteiger charge is -2.43. The Morgan fingerprint density at radius 2 is 1.97 bits per heavy atom. The molecule has 3 aliphatic rings. The molecule has 5 rings (SSSR count). The van der Waals surface area contributed by atoms with E-state index in [4.69, 9.17) is 5.26 Å². The van der Waals surface area contributed by atoms with Gasteiger partial charge in [0.1, 0.15) is 0 Å². The quantitative estimate of drug-likeness (QED) is 0.668. The summed E-state index contributed by atoms with van der Waals surface area (Å²) in [5.74, 6) is -0.0551. The van der Waals surface area contributed by atoms with Crippen LogP contribution in [0.15, 0.2) is 36.5 Å². The van der Waals surface area contributed by atoms with Crippen LogP contribution in [0, 0.1) is 29.6 Å². The van der Waals surface area contributed by atoms with Gasteiger partial charge in [-0.15, -0.1) is 0 Å². The van der Waals surface area contributed by atoms with Crippen LogP contribution in [0.4, 0.5) is 18.9 Å². The highest BCUT2D eigenvalue weighted by molar-refractivity contribution is 5.81. The fraction of sp³-hybridized carbons (Fsp3) is 0.519. The number of anilines is 1. The molecule has 190 valence electrons. The zero-order valence-electron chi connectivity index (χ0n) is 20.3. The monoisotopic (exact) mass is 497 g/mol. The second-order valence-corrected chi connectivity index (χ2v) is 10.5. The molecule has 6 nitrogen and oxygen atoms in total. The van der Waals surface area contributed by atoms with Crippen molar-refractivity contribution in [2.24, 2.45) is 11.3 Å². The third-order valence-corrected chi connectivity index (χ3v) is 7.87. The van der Waals surface area contributed by atoms with Crippen molar-refractivity contribution >= 4 is 11.6 Å². The smallest absolute Gasteiger partial charge is 0.371 e. The number of carbonyl (C=O) groups is 1. The van der Waals surface area contributed by atoms with Crippen molar-refractivity contribution in [1.82, 2.24) is 15.2 Å². The number of rotatable bonds is 5. The minimum absolute atomic E-state index is 0.100. The number of nitrogens with one attached hydrogen (secondary N) is 1. The molecule has 3 heterocycles. The van der Waals surface area contributed by atoms with Crippen molar-refractivity contribution in [1.29, 1.82) is 5.26 Å². The van der Waals surface area contributed by atoms with Crippen LogP contribution in [0.25, 0.3) is 0 Å². The lowest BCUT2D eigenvalue weighted by Crippen LogP contribution is -2.48. The van der Waals surface area contributed by atoms with E-state index in [-0.39, 0.29) is 28.8 Å². The van der Waals surface area contributed by atoms with Gasteiger partial charge in [0.05, 0.1) is 28.8 Å². The van der Waals surface area contributed by atoms with Crippen LogP contribution in [0.1, 0.15) is 48.1 Å². The Morgan fingerprint density at radius 3 is 2.58 bits per heavy atom. The molecular weight excluding hydrogens is 467 g/mol. The number of aryl methyl sites for hydroxylation is 1. The van der Waals surface area contributed by atoms with Crippen molar-refractivity contribution in [3.8, 4) is 6.07 Å². The Balaban J connectivity index is 1.33. The van der Waals surface area contributed by atoms with Crippen LogP contribution in [0.5, 0.6) is 0 Å². The maximum atomic E-state index is 13.5. The Bertz CT molecular complexity index is 1160. The summed E-state index contributed by atoms with van der Waals surface area (Å²) in [4.78, 5) is 22.0. The average molecular weight is 498 g/mol. The molecular formula is C27H30F3N5O. The van der Waals surface area contributed by atoms with E-state index in [0.29, 0.717) is 31.9 Å². The normalized spacial score (nSPS) is 22.0. The maximum Gasteiger partial charge on any atom is 0.417 e. The molecule has 2 saturated heterocycles. The molecule has 1 aromatic heterocycles. The van der Waals surface area contributed by atoms with Crippen LogP contribution < -0.4 is 10.2 Å². The number of nitrogens with zero attached hydrogens (tertiary/aromatic N) is 4. The van der Waals surface area contributed by atoms with E-state index in [2.05, 4.69) is 15.2 Å². The van der Waals surface area contributed by atoms with Crippen molar-refractivity contribution < 1.29 is 18.0 Å². The highest BCUT2D eigenvalue weighted by atomic mass is 19.4. The van der Waals surface area contributed by atoms with E-state index in [1.165, 1.54) is 6.07 Å². The highest BCUT2D eigenvalue weighted by Gasteiger charge is 2.51. The molecule has 1 aromatic carbocycles. The van der Waals surface area contributed by atoms with Gasteiger partial charge in [-0.3, -0.25) is 14.7 Å². The summed E-state index contributed by atoms with van der Waals surface area (Å²) in [5.41, 5.74) is 1.04. The standard InChI is InChI=1S/C27H30F3N5O/c1-18-2-4-21(32-14-18)15-34-16-24(25(36)33-20-5-6-20)26(17-34)8-10-35(11-9-26)22-7-3-19(13-31)23(12-22)27(28,29)30/h2-4,7,12,14,20,24H,5-6,8-11,15-17H2,1H3,(H,33,36). The Hall–Kier alpha value is -3.12. The van der Waals surface area contributed by atoms with E-state index >= 15 is 0 Å². The van der Waals surface area contributed by atoms with Gasteiger partial charge in [-0.1, -0.05) is 6.07 Å². The molecule has 0 bridgehead atoms. The van der Waals surface area contributed by atoms with Crippen LogP contribution in [0.3, 0.4) is 0 Å². The molecule has 1 spiro atoms. The first-order valence-corrected chi connectivity index (χ1v) is 12.5. The number of nitriles is 1. The van der Waals surface area contributed by atoms with Crippen LogP contribution in [-0.4, -0.2) is 48.0 Å². The molecule has 0 radical (unpaired) electrons. The number of alkyl halides is 3. The Kier molecular flexibility index (Phi) is 6.41. The molecule has 1 amide bonds.